The second-order valence-electron chi connectivity index (χ2n) is 3.81. The molecule has 0 aliphatic rings. The van der Waals surface area contributed by atoms with E-state index in [0.29, 0.717) is 26.2 Å². The van der Waals surface area contributed by atoms with E-state index >= 15 is 0 Å². The van der Waals surface area contributed by atoms with Crippen LogP contribution in [0.3, 0.4) is 0 Å². The maximum atomic E-state index is 9.25. The largest absolute Gasteiger partial charge is 0.192 e. The van der Waals surface area contributed by atoms with E-state index in [1.807, 2.05) is 0 Å². The van der Waals surface area contributed by atoms with Crippen molar-refractivity contribution >= 4 is 46.5 Å². The maximum Gasteiger partial charge on any atom is 0.0998 e. The predicted molar refractivity (Wildman–Crippen MR) is 81.4 cm³/mol. The molecule has 94 valence electrons. The third kappa shape index (κ3) is 3.30. The first-order valence-electron chi connectivity index (χ1n) is 5.43. The summed E-state index contributed by atoms with van der Waals surface area (Å²) in [5.41, 5.74) is 1.88. The molecular formula is C15H8Cl3N. The van der Waals surface area contributed by atoms with E-state index in [0.717, 1.165) is 5.56 Å². The van der Waals surface area contributed by atoms with Gasteiger partial charge in [0.1, 0.15) is 0 Å². The molecule has 0 saturated heterocycles. The number of hydrogen-bond donors (Lipinski definition) is 0. The topological polar surface area (TPSA) is 23.8 Å². The Balaban J connectivity index is 2.51. The minimum atomic E-state index is 0.478. The van der Waals surface area contributed by atoms with Crippen molar-refractivity contribution < 1.29 is 0 Å². The van der Waals surface area contributed by atoms with E-state index in [9.17, 15) is 5.26 Å². The van der Waals surface area contributed by atoms with Crippen molar-refractivity contribution in [2.24, 2.45) is 0 Å². The highest BCUT2D eigenvalue weighted by Crippen LogP contribution is 2.29. The molecule has 1 nitrogen and oxygen atoms in total. The van der Waals surface area contributed by atoms with E-state index in [1.165, 1.54) is 0 Å². The van der Waals surface area contributed by atoms with Gasteiger partial charge in [-0.25, -0.2) is 0 Å². The molecule has 0 saturated carbocycles. The Morgan fingerprint density at radius 1 is 0.947 bits per heavy atom. The summed E-state index contributed by atoms with van der Waals surface area (Å²) in [5, 5.41) is 10.9. The lowest BCUT2D eigenvalue weighted by Gasteiger charge is -2.04. The first-order chi connectivity index (χ1) is 9.11. The molecule has 2 aromatic carbocycles. The van der Waals surface area contributed by atoms with Gasteiger partial charge in [0.05, 0.1) is 11.6 Å². The quantitative estimate of drug-likeness (QED) is 0.515. The minimum Gasteiger partial charge on any atom is -0.192 e. The lowest BCUT2D eigenvalue weighted by molar-refractivity contribution is 1.52. The predicted octanol–water partition coefficient (Wildman–Crippen LogP) is 5.71. The number of halogens is 3. The van der Waals surface area contributed by atoms with Gasteiger partial charge in [-0.2, -0.15) is 5.26 Å². The summed E-state index contributed by atoms with van der Waals surface area (Å²) < 4.78 is 0. The zero-order chi connectivity index (χ0) is 13.8. The number of rotatable bonds is 2. The summed E-state index contributed by atoms with van der Waals surface area (Å²) >= 11 is 18.0. The molecule has 0 aliphatic heterocycles. The number of allylic oxidation sites excluding steroid dienone is 1. The molecule has 0 N–H and O–H groups in total. The van der Waals surface area contributed by atoms with Gasteiger partial charge >= 0.3 is 0 Å². The van der Waals surface area contributed by atoms with E-state index < -0.39 is 0 Å². The Morgan fingerprint density at radius 2 is 1.53 bits per heavy atom. The fourth-order valence-corrected chi connectivity index (χ4v) is 2.24. The molecule has 0 aromatic heterocycles. The number of hydrogen-bond acceptors (Lipinski definition) is 1. The fourth-order valence-electron chi connectivity index (χ4n) is 1.60. The van der Waals surface area contributed by atoms with Gasteiger partial charge in [-0.1, -0.05) is 53.0 Å². The van der Waals surface area contributed by atoms with E-state index in [4.69, 9.17) is 34.8 Å². The van der Waals surface area contributed by atoms with Crippen molar-refractivity contribution in [3.63, 3.8) is 0 Å². The van der Waals surface area contributed by atoms with Crippen LogP contribution in [0.2, 0.25) is 15.1 Å². The maximum absolute atomic E-state index is 9.25. The SMILES string of the molecule is N#CC(=Cc1c(Cl)cccc1Cl)c1ccc(Cl)cc1. The molecule has 2 rings (SSSR count). The van der Waals surface area contributed by atoms with Gasteiger partial charge in [0.15, 0.2) is 0 Å². The molecule has 0 amide bonds. The van der Waals surface area contributed by atoms with E-state index in [-0.39, 0.29) is 0 Å². The van der Waals surface area contributed by atoms with Gasteiger partial charge < -0.3 is 0 Å². The second-order valence-corrected chi connectivity index (χ2v) is 5.06. The lowest BCUT2D eigenvalue weighted by Crippen LogP contribution is -1.84. The summed E-state index contributed by atoms with van der Waals surface area (Å²) in [5.74, 6) is 0. The van der Waals surface area contributed by atoms with Gasteiger partial charge in [0.25, 0.3) is 0 Å². The van der Waals surface area contributed by atoms with Crippen LogP contribution in [-0.2, 0) is 0 Å². The van der Waals surface area contributed by atoms with Crippen LogP contribution >= 0.6 is 34.8 Å². The zero-order valence-electron chi connectivity index (χ0n) is 9.70. The van der Waals surface area contributed by atoms with Crippen LogP contribution in [0.25, 0.3) is 11.6 Å². The van der Waals surface area contributed by atoms with Crippen LogP contribution in [0.1, 0.15) is 11.1 Å². The summed E-state index contributed by atoms with van der Waals surface area (Å²) in [7, 11) is 0. The molecule has 0 fully saturated rings. The fraction of sp³-hybridized carbons (Fsp3) is 0. The number of nitrogens with zero attached hydrogens (tertiary/aromatic N) is 1. The second kappa shape index (κ2) is 6.12. The average molecular weight is 309 g/mol. The Labute approximate surface area is 126 Å². The Morgan fingerprint density at radius 3 is 2.05 bits per heavy atom. The van der Waals surface area contributed by atoms with Gasteiger partial charge in [-0.15, -0.1) is 0 Å². The summed E-state index contributed by atoms with van der Waals surface area (Å²) in [6, 6.07) is 14.4. The van der Waals surface area contributed by atoms with Gasteiger partial charge in [0, 0.05) is 20.6 Å². The van der Waals surface area contributed by atoms with Crippen molar-refractivity contribution in [3.8, 4) is 6.07 Å². The van der Waals surface area contributed by atoms with Gasteiger partial charge in [0.2, 0.25) is 0 Å². The van der Waals surface area contributed by atoms with Crippen LogP contribution in [0, 0.1) is 11.3 Å². The standard InChI is InChI=1S/C15H8Cl3N/c16-12-6-4-10(5-7-12)11(9-19)8-13-14(17)2-1-3-15(13)18/h1-8H. The van der Waals surface area contributed by atoms with Crippen molar-refractivity contribution in [1.29, 1.82) is 5.26 Å². The molecule has 0 bridgehead atoms. The molecule has 4 heteroatoms. The highest BCUT2D eigenvalue weighted by Gasteiger charge is 2.06. The molecule has 0 spiro atoms. The van der Waals surface area contributed by atoms with Crippen molar-refractivity contribution in [2.45, 2.75) is 0 Å². The molecule has 19 heavy (non-hydrogen) atoms. The van der Waals surface area contributed by atoms with E-state index in [1.54, 1.807) is 48.5 Å². The molecule has 0 unspecified atom stereocenters. The van der Waals surface area contributed by atoms with Crippen molar-refractivity contribution in [1.82, 2.24) is 0 Å². The molecular weight excluding hydrogens is 301 g/mol. The van der Waals surface area contributed by atoms with Crippen molar-refractivity contribution in [2.75, 3.05) is 0 Å². The molecule has 0 heterocycles. The number of benzene rings is 2. The van der Waals surface area contributed by atoms with Crippen LogP contribution in [0.5, 0.6) is 0 Å². The molecule has 0 atom stereocenters. The van der Waals surface area contributed by atoms with Crippen LogP contribution in [-0.4, -0.2) is 0 Å². The minimum absolute atomic E-state index is 0.478. The first kappa shape index (κ1) is 14.0. The summed E-state index contributed by atoms with van der Waals surface area (Å²) in [4.78, 5) is 0. The van der Waals surface area contributed by atoms with Crippen LogP contribution in [0.4, 0.5) is 0 Å². The Bertz CT molecular complexity index is 647. The van der Waals surface area contributed by atoms with Gasteiger partial charge in [-0.3, -0.25) is 0 Å². The first-order valence-corrected chi connectivity index (χ1v) is 6.57. The van der Waals surface area contributed by atoms with E-state index in [2.05, 4.69) is 6.07 Å². The summed E-state index contributed by atoms with van der Waals surface area (Å²) in [6.45, 7) is 0. The van der Waals surface area contributed by atoms with Gasteiger partial charge in [-0.05, 0) is 35.9 Å². The Kier molecular flexibility index (Phi) is 4.50. The molecule has 0 aliphatic carbocycles. The van der Waals surface area contributed by atoms with Crippen molar-refractivity contribution in [3.05, 3.63) is 68.7 Å². The highest BCUT2D eigenvalue weighted by molar-refractivity contribution is 6.37. The third-order valence-corrected chi connectivity index (χ3v) is 3.48. The third-order valence-electron chi connectivity index (χ3n) is 2.56. The average Bonchev–Trinajstić information content (AvgIpc) is 2.40. The molecule has 0 radical (unpaired) electrons. The zero-order valence-corrected chi connectivity index (χ0v) is 12.0. The van der Waals surface area contributed by atoms with Crippen LogP contribution < -0.4 is 0 Å². The highest BCUT2D eigenvalue weighted by atomic mass is 35.5. The summed E-state index contributed by atoms with van der Waals surface area (Å²) in [6.07, 6.45) is 1.67. The van der Waals surface area contributed by atoms with Crippen LogP contribution in [0.15, 0.2) is 42.5 Å². The lowest BCUT2D eigenvalue weighted by atomic mass is 10.0. The monoisotopic (exact) mass is 307 g/mol. The number of nitriles is 1. The smallest absolute Gasteiger partial charge is 0.0998 e. The molecule has 2 aromatic rings. The Hall–Kier alpha value is -1.46. The normalized spacial score (nSPS) is 11.2.